The van der Waals surface area contributed by atoms with E-state index in [0.29, 0.717) is 12.2 Å². The van der Waals surface area contributed by atoms with Crippen molar-refractivity contribution in [3.05, 3.63) is 42.0 Å². The number of rotatable bonds is 4. The average Bonchev–Trinajstić information content (AvgIpc) is 3.24. The van der Waals surface area contributed by atoms with Crippen LogP contribution in [0.5, 0.6) is 11.5 Å². The quantitative estimate of drug-likeness (QED) is 0.938. The van der Waals surface area contributed by atoms with E-state index in [-0.39, 0.29) is 11.8 Å². The second kappa shape index (κ2) is 6.09. The lowest BCUT2D eigenvalue weighted by Gasteiger charge is -2.18. The Morgan fingerprint density at radius 2 is 2.23 bits per heavy atom. The van der Waals surface area contributed by atoms with Crippen molar-refractivity contribution in [3.63, 3.8) is 0 Å². The minimum absolute atomic E-state index is 0.0122. The van der Waals surface area contributed by atoms with Crippen LogP contribution in [0.25, 0.3) is 0 Å². The summed E-state index contributed by atoms with van der Waals surface area (Å²) in [5, 5.41) is 0. The third-order valence-electron chi connectivity index (χ3n) is 4.08. The van der Waals surface area contributed by atoms with E-state index in [4.69, 9.17) is 9.47 Å². The predicted molar refractivity (Wildman–Crippen MR) is 81.4 cm³/mol. The number of hydrogen-bond donors (Lipinski definition) is 1. The molecule has 22 heavy (non-hydrogen) atoms. The Kier molecular flexibility index (Phi) is 4.00. The number of ether oxygens (including phenoxy) is 2. The van der Waals surface area contributed by atoms with Gasteiger partial charge in [0.1, 0.15) is 5.69 Å². The highest BCUT2D eigenvalue weighted by atomic mass is 16.5. The molecule has 1 aromatic heterocycles. The first-order chi connectivity index (χ1) is 10.7. The second-order valence-corrected chi connectivity index (χ2v) is 5.28. The van der Waals surface area contributed by atoms with Gasteiger partial charge in [0.05, 0.1) is 26.7 Å². The lowest BCUT2D eigenvalue weighted by atomic mass is 9.97. The van der Waals surface area contributed by atoms with Crippen molar-refractivity contribution in [2.75, 3.05) is 27.3 Å². The molecule has 1 aliphatic rings. The van der Waals surface area contributed by atoms with Gasteiger partial charge < -0.3 is 19.4 Å². The molecule has 116 valence electrons. The van der Waals surface area contributed by atoms with Crippen molar-refractivity contribution in [1.29, 1.82) is 0 Å². The highest BCUT2D eigenvalue weighted by Crippen LogP contribution is 2.39. The number of carbonyl (C=O) groups is 1. The molecule has 0 aliphatic carbocycles. The van der Waals surface area contributed by atoms with Gasteiger partial charge in [0.25, 0.3) is 5.91 Å². The van der Waals surface area contributed by atoms with E-state index >= 15 is 0 Å². The molecule has 1 saturated heterocycles. The third kappa shape index (κ3) is 2.52. The van der Waals surface area contributed by atoms with Gasteiger partial charge in [-0.25, -0.2) is 4.98 Å². The van der Waals surface area contributed by atoms with E-state index in [1.54, 1.807) is 20.4 Å². The Morgan fingerprint density at radius 1 is 1.36 bits per heavy atom. The van der Waals surface area contributed by atoms with E-state index < -0.39 is 0 Å². The molecule has 2 aromatic rings. The first-order valence-corrected chi connectivity index (χ1v) is 7.23. The van der Waals surface area contributed by atoms with Gasteiger partial charge in [0.15, 0.2) is 11.5 Å². The Hall–Kier alpha value is -2.50. The Labute approximate surface area is 129 Å². The topological polar surface area (TPSA) is 67.5 Å². The fraction of sp³-hybridized carbons (Fsp3) is 0.375. The van der Waals surface area contributed by atoms with Crippen LogP contribution in [0, 0.1) is 0 Å². The van der Waals surface area contributed by atoms with Gasteiger partial charge in [0.2, 0.25) is 0 Å². The fourth-order valence-electron chi connectivity index (χ4n) is 2.98. The van der Waals surface area contributed by atoms with Crippen LogP contribution in [0.3, 0.4) is 0 Å². The molecule has 1 aliphatic heterocycles. The molecule has 0 saturated carbocycles. The maximum atomic E-state index is 12.4. The number of para-hydroxylation sites is 1. The minimum atomic E-state index is -0.0122. The van der Waals surface area contributed by atoms with Gasteiger partial charge in [0, 0.05) is 24.6 Å². The van der Waals surface area contributed by atoms with Gasteiger partial charge in [-0.05, 0) is 12.5 Å². The summed E-state index contributed by atoms with van der Waals surface area (Å²) in [4.78, 5) is 21.0. The van der Waals surface area contributed by atoms with Gasteiger partial charge in [-0.15, -0.1) is 0 Å². The summed E-state index contributed by atoms with van der Waals surface area (Å²) in [6, 6.07) is 5.87. The summed E-state index contributed by atoms with van der Waals surface area (Å²) in [5.74, 6) is 1.71. The van der Waals surface area contributed by atoms with E-state index in [1.807, 2.05) is 23.1 Å². The number of amides is 1. The maximum absolute atomic E-state index is 12.4. The summed E-state index contributed by atoms with van der Waals surface area (Å²) in [5.41, 5.74) is 1.61. The van der Waals surface area contributed by atoms with Gasteiger partial charge in [-0.3, -0.25) is 4.79 Å². The van der Waals surface area contributed by atoms with E-state index in [1.165, 1.54) is 6.33 Å². The third-order valence-corrected chi connectivity index (χ3v) is 4.08. The van der Waals surface area contributed by atoms with E-state index in [2.05, 4.69) is 9.97 Å². The first kappa shape index (κ1) is 14.4. The van der Waals surface area contributed by atoms with Crippen LogP contribution < -0.4 is 9.47 Å². The highest BCUT2D eigenvalue weighted by molar-refractivity contribution is 5.92. The molecule has 6 heteroatoms. The smallest absolute Gasteiger partial charge is 0.271 e. The first-order valence-electron chi connectivity index (χ1n) is 7.23. The number of H-pyrrole nitrogens is 1. The van der Waals surface area contributed by atoms with Crippen LogP contribution in [0.4, 0.5) is 0 Å². The highest BCUT2D eigenvalue weighted by Gasteiger charge is 2.30. The molecule has 0 unspecified atom stereocenters. The van der Waals surface area contributed by atoms with Crippen molar-refractivity contribution in [2.45, 2.75) is 12.3 Å². The van der Waals surface area contributed by atoms with Crippen LogP contribution in [0.15, 0.2) is 30.7 Å². The van der Waals surface area contributed by atoms with Crippen molar-refractivity contribution < 1.29 is 14.3 Å². The fourth-order valence-corrected chi connectivity index (χ4v) is 2.98. The summed E-state index contributed by atoms with van der Waals surface area (Å²) in [6.07, 6.45) is 3.98. The Balaban J connectivity index is 1.80. The molecule has 0 bridgehead atoms. The van der Waals surface area contributed by atoms with Crippen molar-refractivity contribution in [1.82, 2.24) is 14.9 Å². The van der Waals surface area contributed by atoms with Crippen LogP contribution in [-0.4, -0.2) is 48.1 Å². The zero-order chi connectivity index (χ0) is 15.5. The zero-order valence-electron chi connectivity index (χ0n) is 12.7. The number of nitrogens with one attached hydrogen (secondary N) is 1. The molecule has 1 aromatic carbocycles. The molecule has 1 N–H and O–H groups in total. The number of carbonyl (C=O) groups excluding carboxylic acids is 1. The minimum Gasteiger partial charge on any atom is -0.493 e. The lowest BCUT2D eigenvalue weighted by Crippen LogP contribution is -2.28. The summed E-state index contributed by atoms with van der Waals surface area (Å²) in [6.45, 7) is 1.39. The number of likely N-dealkylation sites (tertiary alicyclic amines) is 1. The molecule has 0 radical (unpaired) electrons. The van der Waals surface area contributed by atoms with Crippen LogP contribution in [0.2, 0.25) is 0 Å². The summed E-state index contributed by atoms with van der Waals surface area (Å²) in [7, 11) is 3.27. The van der Waals surface area contributed by atoms with Gasteiger partial charge in [-0.2, -0.15) is 0 Å². The van der Waals surface area contributed by atoms with Crippen LogP contribution in [-0.2, 0) is 0 Å². The van der Waals surface area contributed by atoms with Crippen LogP contribution >= 0.6 is 0 Å². The SMILES string of the molecule is COc1cccc([C@H]2CCN(C(=O)c3cnc[nH]3)C2)c1OC. The number of aromatic amines is 1. The molecular formula is C16H19N3O3. The molecule has 1 atom stereocenters. The second-order valence-electron chi connectivity index (χ2n) is 5.28. The standard InChI is InChI=1S/C16H19N3O3/c1-21-14-5-3-4-12(15(14)22-2)11-6-7-19(9-11)16(20)13-8-17-10-18-13/h3-5,8,10-11H,6-7,9H2,1-2H3,(H,17,18)/t11-/m0/s1. The number of benzene rings is 1. The number of methoxy groups -OCH3 is 2. The van der Waals surface area contributed by atoms with Crippen molar-refractivity contribution in [2.24, 2.45) is 0 Å². The van der Waals surface area contributed by atoms with E-state index in [0.717, 1.165) is 30.0 Å². The average molecular weight is 301 g/mol. The Bertz CT molecular complexity index is 655. The summed E-state index contributed by atoms with van der Waals surface area (Å²) >= 11 is 0. The monoisotopic (exact) mass is 301 g/mol. The summed E-state index contributed by atoms with van der Waals surface area (Å²) < 4.78 is 10.9. The lowest BCUT2D eigenvalue weighted by molar-refractivity contribution is 0.0785. The zero-order valence-corrected chi connectivity index (χ0v) is 12.7. The van der Waals surface area contributed by atoms with E-state index in [9.17, 15) is 4.79 Å². The molecule has 1 fully saturated rings. The largest absolute Gasteiger partial charge is 0.493 e. The molecular weight excluding hydrogens is 282 g/mol. The number of imidazole rings is 1. The van der Waals surface area contributed by atoms with Crippen molar-refractivity contribution in [3.8, 4) is 11.5 Å². The van der Waals surface area contributed by atoms with Gasteiger partial charge >= 0.3 is 0 Å². The molecule has 2 heterocycles. The number of nitrogens with zero attached hydrogens (tertiary/aromatic N) is 2. The maximum Gasteiger partial charge on any atom is 0.271 e. The molecule has 3 rings (SSSR count). The van der Waals surface area contributed by atoms with Crippen LogP contribution in [0.1, 0.15) is 28.4 Å². The molecule has 1 amide bonds. The Morgan fingerprint density at radius 3 is 2.91 bits per heavy atom. The molecule has 0 spiro atoms. The number of aromatic nitrogens is 2. The van der Waals surface area contributed by atoms with Gasteiger partial charge in [-0.1, -0.05) is 12.1 Å². The molecule has 6 nitrogen and oxygen atoms in total. The number of hydrogen-bond acceptors (Lipinski definition) is 4. The predicted octanol–water partition coefficient (Wildman–Crippen LogP) is 2.06. The van der Waals surface area contributed by atoms with Crippen molar-refractivity contribution >= 4 is 5.91 Å². The normalized spacial score (nSPS) is 17.5.